The van der Waals surface area contributed by atoms with Crippen LogP contribution >= 0.6 is 0 Å². The fraction of sp³-hybridized carbons (Fsp3) is 0.786. The van der Waals surface area contributed by atoms with E-state index in [9.17, 15) is 14.4 Å². The van der Waals surface area contributed by atoms with E-state index in [4.69, 9.17) is 4.74 Å². The van der Waals surface area contributed by atoms with Gasteiger partial charge >= 0.3 is 5.97 Å². The van der Waals surface area contributed by atoms with Crippen LogP contribution in [0.15, 0.2) is 0 Å². The molecule has 1 rings (SSSR count). The summed E-state index contributed by atoms with van der Waals surface area (Å²) in [5, 5.41) is 0. The van der Waals surface area contributed by atoms with Crippen LogP contribution in [0.3, 0.4) is 0 Å². The Labute approximate surface area is 114 Å². The molecule has 19 heavy (non-hydrogen) atoms. The first kappa shape index (κ1) is 15.7. The Hall–Kier alpha value is -1.39. The van der Waals surface area contributed by atoms with Crippen molar-refractivity contribution in [2.75, 3.05) is 13.7 Å². The van der Waals surface area contributed by atoms with E-state index >= 15 is 0 Å². The van der Waals surface area contributed by atoms with Gasteiger partial charge in [-0.15, -0.1) is 0 Å². The Bertz CT molecular complexity index is 376. The lowest BCUT2D eigenvalue weighted by Crippen LogP contribution is -2.52. The number of ketones is 1. The minimum Gasteiger partial charge on any atom is -0.467 e. The molecule has 0 bridgehead atoms. The molecule has 5 nitrogen and oxygen atoms in total. The first-order valence-electron chi connectivity index (χ1n) is 6.78. The summed E-state index contributed by atoms with van der Waals surface area (Å²) < 4.78 is 4.72. The molecule has 1 atom stereocenters. The van der Waals surface area contributed by atoms with Crippen molar-refractivity contribution >= 4 is 17.7 Å². The third-order valence-electron chi connectivity index (χ3n) is 3.93. The van der Waals surface area contributed by atoms with Crippen LogP contribution < -0.4 is 0 Å². The highest BCUT2D eigenvalue weighted by Crippen LogP contribution is 2.25. The molecule has 0 aromatic rings. The van der Waals surface area contributed by atoms with E-state index in [0.717, 1.165) is 12.8 Å². The minimum atomic E-state index is -0.685. The standard InChI is InChI=1S/C14H23NO4/c1-5-14(2,3)11(16)12(17)15-9-7-6-8-10(15)13(18)19-4/h10H,5-9H2,1-4H3. The highest BCUT2D eigenvalue weighted by Gasteiger charge is 2.40. The highest BCUT2D eigenvalue weighted by molar-refractivity contribution is 6.38. The van der Waals surface area contributed by atoms with E-state index in [-0.39, 0.29) is 0 Å². The number of rotatable bonds is 4. The van der Waals surface area contributed by atoms with E-state index in [1.807, 2.05) is 6.92 Å². The number of esters is 1. The molecular weight excluding hydrogens is 246 g/mol. The third-order valence-corrected chi connectivity index (χ3v) is 3.93. The number of hydrogen-bond donors (Lipinski definition) is 0. The van der Waals surface area contributed by atoms with Gasteiger partial charge in [-0.2, -0.15) is 0 Å². The Morgan fingerprint density at radius 1 is 1.26 bits per heavy atom. The van der Waals surface area contributed by atoms with Crippen LogP contribution in [0.1, 0.15) is 46.5 Å². The number of Topliss-reactive ketones (excluding diaryl/α,β-unsaturated/α-hetero) is 1. The SMILES string of the molecule is CCC(C)(C)C(=O)C(=O)N1CCCCC1C(=O)OC. The summed E-state index contributed by atoms with van der Waals surface area (Å²) in [7, 11) is 1.30. The van der Waals surface area contributed by atoms with Gasteiger partial charge in [-0.1, -0.05) is 20.8 Å². The van der Waals surface area contributed by atoms with Crippen molar-refractivity contribution in [3.63, 3.8) is 0 Å². The second kappa shape index (κ2) is 6.17. The fourth-order valence-electron chi connectivity index (χ4n) is 2.14. The van der Waals surface area contributed by atoms with Gasteiger partial charge < -0.3 is 9.64 Å². The molecule has 0 radical (unpaired) electrons. The predicted octanol–water partition coefficient (Wildman–Crippen LogP) is 1.55. The van der Waals surface area contributed by atoms with E-state index in [1.165, 1.54) is 12.0 Å². The molecule has 0 aromatic carbocycles. The van der Waals surface area contributed by atoms with Crippen molar-refractivity contribution in [3.05, 3.63) is 0 Å². The predicted molar refractivity (Wildman–Crippen MR) is 70.4 cm³/mol. The Morgan fingerprint density at radius 2 is 1.89 bits per heavy atom. The number of piperidine rings is 1. The quantitative estimate of drug-likeness (QED) is 0.573. The summed E-state index contributed by atoms with van der Waals surface area (Å²) in [5.41, 5.74) is -0.685. The molecule has 1 fully saturated rings. The minimum absolute atomic E-state index is 0.425. The van der Waals surface area contributed by atoms with Gasteiger partial charge in [-0.25, -0.2) is 4.79 Å². The number of carbonyl (C=O) groups excluding carboxylic acids is 3. The lowest BCUT2D eigenvalue weighted by atomic mass is 9.84. The van der Waals surface area contributed by atoms with Crippen molar-refractivity contribution < 1.29 is 19.1 Å². The summed E-state index contributed by atoms with van der Waals surface area (Å²) in [4.78, 5) is 37.6. The van der Waals surface area contributed by atoms with Gasteiger partial charge in [-0.3, -0.25) is 9.59 Å². The zero-order valence-corrected chi connectivity index (χ0v) is 12.2. The van der Waals surface area contributed by atoms with Crippen molar-refractivity contribution in [1.29, 1.82) is 0 Å². The first-order valence-corrected chi connectivity index (χ1v) is 6.78. The molecule has 1 heterocycles. The lowest BCUT2D eigenvalue weighted by molar-refractivity contribution is -0.159. The van der Waals surface area contributed by atoms with Crippen LogP contribution in [-0.4, -0.2) is 42.3 Å². The molecule has 1 unspecified atom stereocenters. The highest BCUT2D eigenvalue weighted by atomic mass is 16.5. The van der Waals surface area contributed by atoms with Gasteiger partial charge in [0, 0.05) is 12.0 Å². The fourth-order valence-corrected chi connectivity index (χ4v) is 2.14. The van der Waals surface area contributed by atoms with Crippen LogP contribution in [0.25, 0.3) is 0 Å². The van der Waals surface area contributed by atoms with E-state index < -0.39 is 29.1 Å². The largest absolute Gasteiger partial charge is 0.467 e. The molecule has 0 aromatic heterocycles. The number of carbonyl (C=O) groups is 3. The van der Waals surface area contributed by atoms with Gasteiger partial charge in [0.1, 0.15) is 6.04 Å². The zero-order valence-electron chi connectivity index (χ0n) is 12.2. The number of amides is 1. The topological polar surface area (TPSA) is 63.7 Å². The van der Waals surface area contributed by atoms with Crippen LogP contribution in [-0.2, 0) is 19.1 Å². The van der Waals surface area contributed by atoms with Crippen LogP contribution in [0.5, 0.6) is 0 Å². The number of hydrogen-bond acceptors (Lipinski definition) is 4. The maximum Gasteiger partial charge on any atom is 0.328 e. The average molecular weight is 269 g/mol. The molecule has 5 heteroatoms. The zero-order chi connectivity index (χ0) is 14.6. The summed E-state index contributed by atoms with van der Waals surface area (Å²) in [6.45, 7) is 5.83. The molecule has 0 aliphatic carbocycles. The number of methoxy groups -OCH3 is 1. The van der Waals surface area contributed by atoms with Gasteiger partial charge in [0.15, 0.2) is 0 Å². The summed E-state index contributed by atoms with van der Waals surface area (Å²) >= 11 is 0. The van der Waals surface area contributed by atoms with Gasteiger partial charge in [0.2, 0.25) is 5.78 Å². The Kier molecular flexibility index (Phi) is 5.09. The summed E-state index contributed by atoms with van der Waals surface area (Å²) in [6, 6.07) is -0.608. The Balaban J connectivity index is 2.89. The molecule has 1 aliphatic rings. The second-order valence-corrected chi connectivity index (χ2v) is 5.60. The molecule has 1 aliphatic heterocycles. The van der Waals surface area contributed by atoms with Crippen LogP contribution in [0.2, 0.25) is 0 Å². The second-order valence-electron chi connectivity index (χ2n) is 5.60. The smallest absolute Gasteiger partial charge is 0.328 e. The molecule has 0 spiro atoms. The number of ether oxygens (including phenoxy) is 1. The maximum atomic E-state index is 12.3. The third kappa shape index (κ3) is 3.33. The van der Waals surface area contributed by atoms with Crippen LogP contribution in [0, 0.1) is 5.41 Å². The maximum absolute atomic E-state index is 12.3. The average Bonchev–Trinajstić information content (AvgIpc) is 2.44. The van der Waals surface area contributed by atoms with Crippen molar-refractivity contribution in [1.82, 2.24) is 4.90 Å². The van der Waals surface area contributed by atoms with Crippen molar-refractivity contribution in [3.8, 4) is 0 Å². The van der Waals surface area contributed by atoms with E-state index in [1.54, 1.807) is 13.8 Å². The summed E-state index contributed by atoms with van der Waals surface area (Å²) in [6.07, 6.45) is 2.85. The summed E-state index contributed by atoms with van der Waals surface area (Å²) in [5.74, 6) is -1.41. The molecular formula is C14H23NO4. The number of nitrogens with zero attached hydrogens (tertiary/aromatic N) is 1. The van der Waals surface area contributed by atoms with Gasteiger partial charge in [0.25, 0.3) is 5.91 Å². The van der Waals surface area contributed by atoms with Crippen molar-refractivity contribution in [2.24, 2.45) is 5.41 Å². The normalized spacial score (nSPS) is 20.0. The van der Waals surface area contributed by atoms with Gasteiger partial charge in [0.05, 0.1) is 7.11 Å². The van der Waals surface area contributed by atoms with Gasteiger partial charge in [-0.05, 0) is 25.7 Å². The van der Waals surface area contributed by atoms with Crippen molar-refractivity contribution in [2.45, 2.75) is 52.5 Å². The van der Waals surface area contributed by atoms with E-state index in [0.29, 0.717) is 19.4 Å². The monoisotopic (exact) mass is 269 g/mol. The number of likely N-dealkylation sites (tertiary alicyclic amines) is 1. The van der Waals surface area contributed by atoms with Crippen LogP contribution in [0.4, 0.5) is 0 Å². The Morgan fingerprint density at radius 3 is 2.42 bits per heavy atom. The molecule has 108 valence electrons. The molecule has 1 amide bonds. The van der Waals surface area contributed by atoms with E-state index in [2.05, 4.69) is 0 Å². The lowest BCUT2D eigenvalue weighted by Gasteiger charge is -2.35. The molecule has 0 saturated carbocycles. The molecule has 0 N–H and O–H groups in total. The molecule has 1 saturated heterocycles. The first-order chi connectivity index (χ1) is 8.85.